The maximum atomic E-state index is 12.2. The van der Waals surface area contributed by atoms with Crippen molar-refractivity contribution in [3.63, 3.8) is 0 Å². The zero-order valence-electron chi connectivity index (χ0n) is 12.6. The zero-order chi connectivity index (χ0) is 16.7. The molecule has 0 radical (unpaired) electrons. The number of rotatable bonds is 1. The molecule has 3 heterocycles. The van der Waals surface area contributed by atoms with Crippen LogP contribution in [0.15, 0.2) is 46.0 Å². The van der Waals surface area contributed by atoms with Crippen LogP contribution in [0.3, 0.4) is 0 Å². The van der Waals surface area contributed by atoms with Crippen molar-refractivity contribution in [1.82, 2.24) is 14.9 Å². The highest BCUT2D eigenvalue weighted by Crippen LogP contribution is 2.28. The van der Waals surface area contributed by atoms with Gasteiger partial charge in [0, 0.05) is 31.7 Å². The minimum atomic E-state index is -3.58. The van der Waals surface area contributed by atoms with Gasteiger partial charge in [-0.2, -0.15) is 8.42 Å². The highest BCUT2D eigenvalue weighted by molar-refractivity contribution is 7.90. The van der Waals surface area contributed by atoms with Crippen molar-refractivity contribution in [2.75, 3.05) is 31.1 Å². The molecule has 2 aromatic rings. The van der Waals surface area contributed by atoms with E-state index in [1.54, 1.807) is 30.6 Å². The topological polar surface area (TPSA) is 78.8 Å². The molecule has 1 fully saturated rings. The number of hydrogen-bond acceptors (Lipinski definition) is 6. The molecule has 24 heavy (non-hydrogen) atoms. The number of nitrogens with zero attached hydrogens (tertiary/aromatic N) is 5. The van der Waals surface area contributed by atoms with Crippen LogP contribution in [-0.2, 0) is 10.0 Å². The largest absolute Gasteiger partial charge is 0.352 e. The lowest BCUT2D eigenvalue weighted by atomic mass is 10.1. The molecule has 1 aromatic heterocycles. The van der Waals surface area contributed by atoms with Crippen molar-refractivity contribution in [3.05, 3.63) is 47.2 Å². The van der Waals surface area contributed by atoms with Gasteiger partial charge in [0.05, 0.1) is 17.4 Å². The monoisotopic (exact) mass is 363 g/mol. The minimum absolute atomic E-state index is 0.281. The van der Waals surface area contributed by atoms with Gasteiger partial charge in [-0.1, -0.05) is 23.7 Å². The summed E-state index contributed by atoms with van der Waals surface area (Å²) in [6, 6.07) is 6.93. The number of hydrogen-bond donors (Lipinski definition) is 0. The number of anilines is 1. The van der Waals surface area contributed by atoms with Crippen LogP contribution >= 0.6 is 11.6 Å². The van der Waals surface area contributed by atoms with Crippen LogP contribution in [0.1, 0.15) is 5.56 Å². The smallest absolute Gasteiger partial charge is 0.285 e. The first-order valence-corrected chi connectivity index (χ1v) is 9.28. The molecule has 2 aliphatic rings. The summed E-state index contributed by atoms with van der Waals surface area (Å²) in [6.45, 7) is 2.66. The molecule has 0 atom stereocenters. The van der Waals surface area contributed by atoms with Gasteiger partial charge in [0.2, 0.25) is 5.95 Å². The van der Waals surface area contributed by atoms with E-state index in [1.807, 2.05) is 15.9 Å². The van der Waals surface area contributed by atoms with Gasteiger partial charge in [0.15, 0.2) is 5.84 Å². The molecule has 4 rings (SSSR count). The normalized spacial score (nSPS) is 19.1. The first kappa shape index (κ1) is 15.3. The molecule has 0 saturated carbocycles. The number of piperazine rings is 1. The zero-order valence-corrected chi connectivity index (χ0v) is 14.2. The Balaban J connectivity index is 1.54. The number of fused-ring (bicyclic) bond motifs is 1. The number of amidine groups is 1. The van der Waals surface area contributed by atoms with E-state index < -0.39 is 10.0 Å². The first-order chi connectivity index (χ1) is 11.5. The van der Waals surface area contributed by atoms with Crippen molar-refractivity contribution < 1.29 is 8.42 Å². The van der Waals surface area contributed by atoms with Gasteiger partial charge in [-0.05, 0) is 12.1 Å². The first-order valence-electron chi connectivity index (χ1n) is 7.46. The number of sulfonamides is 1. The van der Waals surface area contributed by atoms with Crippen molar-refractivity contribution in [1.29, 1.82) is 0 Å². The third kappa shape index (κ3) is 2.61. The number of aromatic nitrogens is 2. The summed E-state index contributed by atoms with van der Waals surface area (Å²) in [5, 5.41) is 0.500. The predicted molar refractivity (Wildman–Crippen MR) is 91.0 cm³/mol. The highest BCUT2D eigenvalue weighted by atomic mass is 35.5. The van der Waals surface area contributed by atoms with Crippen LogP contribution in [0.2, 0.25) is 5.02 Å². The van der Waals surface area contributed by atoms with E-state index in [9.17, 15) is 8.42 Å². The van der Waals surface area contributed by atoms with Gasteiger partial charge in [0.1, 0.15) is 4.90 Å². The Morgan fingerprint density at radius 3 is 2.29 bits per heavy atom. The molecule has 2 aliphatic heterocycles. The number of halogens is 1. The third-order valence-corrected chi connectivity index (χ3v) is 5.60. The second-order valence-electron chi connectivity index (χ2n) is 5.56. The van der Waals surface area contributed by atoms with E-state index in [4.69, 9.17) is 11.6 Å². The van der Waals surface area contributed by atoms with Gasteiger partial charge in [0.25, 0.3) is 10.0 Å². The molecule has 0 bridgehead atoms. The van der Waals surface area contributed by atoms with Gasteiger partial charge >= 0.3 is 0 Å². The summed E-state index contributed by atoms with van der Waals surface area (Å²) in [7, 11) is -3.58. The molecule has 1 saturated heterocycles. The Kier molecular flexibility index (Phi) is 3.65. The Labute approximate surface area is 144 Å². The lowest BCUT2D eigenvalue weighted by Crippen LogP contribution is -2.49. The quantitative estimate of drug-likeness (QED) is 0.762. The Hall–Kier alpha value is -2.19. The average Bonchev–Trinajstić information content (AvgIpc) is 2.88. The van der Waals surface area contributed by atoms with E-state index in [2.05, 4.69) is 14.4 Å². The van der Waals surface area contributed by atoms with E-state index in [0.29, 0.717) is 48.5 Å². The van der Waals surface area contributed by atoms with Gasteiger partial charge in [-0.25, -0.2) is 9.97 Å². The fraction of sp³-hybridized carbons (Fsp3) is 0.267. The molecule has 9 heteroatoms. The van der Waals surface area contributed by atoms with Crippen LogP contribution in [0.5, 0.6) is 0 Å². The van der Waals surface area contributed by atoms with Crippen LogP contribution in [0.25, 0.3) is 0 Å². The minimum Gasteiger partial charge on any atom is -0.352 e. The summed E-state index contributed by atoms with van der Waals surface area (Å²) < 4.78 is 28.3. The molecule has 1 aromatic carbocycles. The Morgan fingerprint density at radius 2 is 1.58 bits per heavy atom. The van der Waals surface area contributed by atoms with Gasteiger partial charge < -0.3 is 9.80 Å². The average molecular weight is 364 g/mol. The third-order valence-electron chi connectivity index (χ3n) is 4.08. The van der Waals surface area contributed by atoms with E-state index in [-0.39, 0.29) is 4.90 Å². The molecule has 0 spiro atoms. The van der Waals surface area contributed by atoms with Crippen molar-refractivity contribution in [2.24, 2.45) is 4.40 Å². The predicted octanol–water partition coefficient (Wildman–Crippen LogP) is 1.40. The van der Waals surface area contributed by atoms with E-state index in [1.165, 1.54) is 0 Å². The molecule has 0 N–H and O–H groups in total. The SMILES string of the molecule is O=S1(=O)N=C(N2CCN(c3ncc(Cl)cn3)CC2)c2ccccc21. The van der Waals surface area contributed by atoms with E-state index >= 15 is 0 Å². The lowest BCUT2D eigenvalue weighted by molar-refractivity contribution is 0.384. The van der Waals surface area contributed by atoms with Gasteiger partial charge in [-0.15, -0.1) is 4.40 Å². The molecule has 0 aliphatic carbocycles. The Morgan fingerprint density at radius 1 is 0.958 bits per heavy atom. The summed E-state index contributed by atoms with van der Waals surface area (Å²) in [5.74, 6) is 1.16. The standard InChI is InChI=1S/C15H14ClN5O2S/c16-11-9-17-15(18-10-11)21-7-5-20(6-8-21)14-12-3-1-2-4-13(12)24(22,23)19-14/h1-4,9-10H,5-8H2. The summed E-state index contributed by atoms with van der Waals surface area (Å²) >= 11 is 5.81. The van der Waals surface area contributed by atoms with Crippen LogP contribution in [0.4, 0.5) is 5.95 Å². The fourth-order valence-corrected chi connectivity index (χ4v) is 4.23. The second kappa shape index (κ2) is 5.71. The summed E-state index contributed by atoms with van der Waals surface area (Å²) in [4.78, 5) is 12.8. The van der Waals surface area contributed by atoms with Gasteiger partial charge in [-0.3, -0.25) is 0 Å². The molecule has 124 valence electrons. The molecule has 0 unspecified atom stereocenters. The molecular formula is C15H14ClN5O2S. The summed E-state index contributed by atoms with van der Waals surface area (Å²) in [6.07, 6.45) is 3.14. The van der Waals surface area contributed by atoms with Crippen LogP contribution in [0, 0.1) is 0 Å². The van der Waals surface area contributed by atoms with Crippen LogP contribution < -0.4 is 4.90 Å². The maximum Gasteiger partial charge on any atom is 0.285 e. The molecule has 7 nitrogen and oxygen atoms in total. The highest BCUT2D eigenvalue weighted by Gasteiger charge is 2.33. The molecule has 0 amide bonds. The van der Waals surface area contributed by atoms with Crippen molar-refractivity contribution in [2.45, 2.75) is 4.90 Å². The summed E-state index contributed by atoms with van der Waals surface area (Å²) in [5.41, 5.74) is 0.675. The van der Waals surface area contributed by atoms with Crippen LogP contribution in [-0.4, -0.2) is 55.3 Å². The van der Waals surface area contributed by atoms with E-state index in [0.717, 1.165) is 0 Å². The van der Waals surface area contributed by atoms with Crippen molar-refractivity contribution in [3.8, 4) is 0 Å². The maximum absolute atomic E-state index is 12.2. The number of benzene rings is 1. The Bertz CT molecular complexity index is 906. The fourth-order valence-electron chi connectivity index (χ4n) is 2.90. The van der Waals surface area contributed by atoms with Crippen molar-refractivity contribution >= 4 is 33.4 Å². The second-order valence-corrected chi connectivity index (χ2v) is 7.57. The lowest BCUT2D eigenvalue weighted by Gasteiger charge is -2.35. The molecular weight excluding hydrogens is 350 g/mol.